The van der Waals surface area contributed by atoms with Crippen molar-refractivity contribution >= 4 is 23.5 Å². The monoisotopic (exact) mass is 375 g/mol. The number of halogens is 1. The second-order valence-electron chi connectivity index (χ2n) is 5.70. The molecule has 3 amide bonds. The van der Waals surface area contributed by atoms with Crippen molar-refractivity contribution in [2.45, 2.75) is 18.9 Å². The lowest BCUT2D eigenvalue weighted by Crippen LogP contribution is -2.37. The first-order valence-corrected chi connectivity index (χ1v) is 8.58. The molecule has 0 radical (unpaired) electrons. The van der Waals surface area contributed by atoms with E-state index in [9.17, 15) is 9.59 Å². The molecule has 0 saturated heterocycles. The third kappa shape index (κ3) is 5.67. The van der Waals surface area contributed by atoms with E-state index in [-0.39, 0.29) is 12.3 Å². The number of amides is 3. The second-order valence-corrected chi connectivity index (χ2v) is 6.11. The van der Waals surface area contributed by atoms with Crippen LogP contribution < -0.4 is 21.1 Å². The lowest BCUT2D eigenvalue weighted by Gasteiger charge is -2.19. The van der Waals surface area contributed by atoms with E-state index in [4.69, 9.17) is 22.1 Å². The van der Waals surface area contributed by atoms with Crippen LogP contribution in [-0.2, 0) is 11.2 Å². The molecule has 0 aliphatic heterocycles. The number of hydrogen-bond acceptors (Lipinski definition) is 3. The average molecular weight is 376 g/mol. The summed E-state index contributed by atoms with van der Waals surface area (Å²) in [5.74, 6) is 0.574. The standard InChI is InChI=1S/C19H22ClN3O3/c1-26-17-9-5-2-6-13(17)10-11-22-18(24)12-16(23-19(21)25)14-7-3-4-8-15(14)20/h2-9,16H,10-12H2,1H3,(H,22,24)(H3,21,23,25)/t16-/m0/s1. The lowest BCUT2D eigenvalue weighted by atomic mass is 10.0. The molecule has 0 aliphatic rings. The fraction of sp³-hybridized carbons (Fsp3) is 0.263. The maximum atomic E-state index is 12.3. The van der Waals surface area contributed by atoms with E-state index in [1.807, 2.05) is 24.3 Å². The van der Waals surface area contributed by atoms with Crippen molar-refractivity contribution in [3.05, 3.63) is 64.7 Å². The topological polar surface area (TPSA) is 93.4 Å². The van der Waals surface area contributed by atoms with Crippen molar-refractivity contribution in [1.82, 2.24) is 10.6 Å². The van der Waals surface area contributed by atoms with Gasteiger partial charge in [-0.15, -0.1) is 0 Å². The van der Waals surface area contributed by atoms with Crippen LogP contribution in [0.2, 0.25) is 5.02 Å². The quantitative estimate of drug-likeness (QED) is 0.662. The van der Waals surface area contributed by atoms with Crippen molar-refractivity contribution in [3.63, 3.8) is 0 Å². The summed E-state index contributed by atoms with van der Waals surface area (Å²) in [5, 5.41) is 5.88. The third-order valence-corrected chi connectivity index (χ3v) is 4.24. The van der Waals surface area contributed by atoms with E-state index in [2.05, 4.69) is 10.6 Å². The maximum absolute atomic E-state index is 12.3. The van der Waals surface area contributed by atoms with Crippen LogP contribution in [0.5, 0.6) is 5.75 Å². The van der Waals surface area contributed by atoms with Gasteiger partial charge in [0.15, 0.2) is 0 Å². The van der Waals surface area contributed by atoms with E-state index in [1.54, 1.807) is 31.4 Å². The minimum Gasteiger partial charge on any atom is -0.496 e. The van der Waals surface area contributed by atoms with Crippen molar-refractivity contribution < 1.29 is 14.3 Å². The summed E-state index contributed by atoms with van der Waals surface area (Å²) in [5.41, 5.74) is 6.88. The normalized spacial score (nSPS) is 11.5. The summed E-state index contributed by atoms with van der Waals surface area (Å²) in [6.45, 7) is 0.449. The summed E-state index contributed by atoms with van der Waals surface area (Å²) in [7, 11) is 1.61. The predicted molar refractivity (Wildman–Crippen MR) is 101 cm³/mol. The molecule has 0 spiro atoms. The van der Waals surface area contributed by atoms with Crippen molar-refractivity contribution in [2.75, 3.05) is 13.7 Å². The Hall–Kier alpha value is -2.73. The van der Waals surface area contributed by atoms with Gasteiger partial charge >= 0.3 is 6.03 Å². The van der Waals surface area contributed by atoms with Gasteiger partial charge in [-0.3, -0.25) is 4.79 Å². The smallest absolute Gasteiger partial charge is 0.312 e. The number of para-hydroxylation sites is 1. The largest absolute Gasteiger partial charge is 0.496 e. The Balaban J connectivity index is 1.95. The molecule has 0 heterocycles. The molecule has 1 atom stereocenters. The number of carbonyl (C=O) groups excluding carboxylic acids is 2. The Labute approximate surface area is 157 Å². The molecule has 0 unspecified atom stereocenters. The Morgan fingerprint density at radius 1 is 1.15 bits per heavy atom. The van der Waals surface area contributed by atoms with E-state index in [0.29, 0.717) is 23.6 Å². The molecule has 0 aromatic heterocycles. The second kappa shape index (κ2) is 9.68. The number of ether oxygens (including phenoxy) is 1. The Bertz CT molecular complexity index is 767. The zero-order valence-corrected chi connectivity index (χ0v) is 15.3. The molecule has 138 valence electrons. The number of hydrogen-bond donors (Lipinski definition) is 3. The van der Waals surface area contributed by atoms with Gasteiger partial charge in [0.2, 0.25) is 5.91 Å². The molecule has 4 N–H and O–H groups in total. The van der Waals surface area contributed by atoms with Crippen LogP contribution in [0, 0.1) is 0 Å². The highest BCUT2D eigenvalue weighted by Gasteiger charge is 2.19. The van der Waals surface area contributed by atoms with Gasteiger partial charge in [-0.25, -0.2) is 4.79 Å². The van der Waals surface area contributed by atoms with Crippen LogP contribution in [0.4, 0.5) is 4.79 Å². The van der Waals surface area contributed by atoms with Gasteiger partial charge in [0.1, 0.15) is 5.75 Å². The Morgan fingerprint density at radius 2 is 1.85 bits per heavy atom. The number of carbonyl (C=O) groups is 2. The van der Waals surface area contributed by atoms with Gasteiger partial charge in [-0.05, 0) is 29.7 Å². The number of urea groups is 1. The molecule has 26 heavy (non-hydrogen) atoms. The molecule has 2 aromatic carbocycles. The number of benzene rings is 2. The zero-order chi connectivity index (χ0) is 18.9. The number of primary amides is 1. The van der Waals surface area contributed by atoms with Crippen molar-refractivity contribution in [2.24, 2.45) is 5.73 Å². The van der Waals surface area contributed by atoms with Gasteiger partial charge in [0, 0.05) is 11.6 Å². The van der Waals surface area contributed by atoms with Gasteiger partial charge in [-0.2, -0.15) is 0 Å². The number of nitrogens with two attached hydrogens (primary N) is 1. The van der Waals surface area contributed by atoms with Gasteiger partial charge in [0.05, 0.1) is 19.6 Å². The van der Waals surface area contributed by atoms with E-state index >= 15 is 0 Å². The van der Waals surface area contributed by atoms with E-state index in [0.717, 1.165) is 11.3 Å². The fourth-order valence-corrected chi connectivity index (χ4v) is 2.94. The van der Waals surface area contributed by atoms with Crippen LogP contribution in [-0.4, -0.2) is 25.6 Å². The van der Waals surface area contributed by atoms with Crippen LogP contribution in [0.3, 0.4) is 0 Å². The van der Waals surface area contributed by atoms with Gasteiger partial charge < -0.3 is 21.1 Å². The van der Waals surface area contributed by atoms with Crippen LogP contribution in [0.25, 0.3) is 0 Å². The van der Waals surface area contributed by atoms with Crippen LogP contribution in [0.1, 0.15) is 23.6 Å². The minimum atomic E-state index is -0.711. The molecule has 0 fully saturated rings. The highest BCUT2D eigenvalue weighted by atomic mass is 35.5. The van der Waals surface area contributed by atoms with Crippen molar-refractivity contribution in [1.29, 1.82) is 0 Å². The summed E-state index contributed by atoms with van der Waals surface area (Å²) in [4.78, 5) is 23.6. The molecule has 2 aromatic rings. The maximum Gasteiger partial charge on any atom is 0.312 e. The van der Waals surface area contributed by atoms with Gasteiger partial charge in [-0.1, -0.05) is 48.0 Å². The molecular formula is C19H22ClN3O3. The average Bonchev–Trinajstić information content (AvgIpc) is 2.61. The SMILES string of the molecule is COc1ccccc1CCNC(=O)C[C@H](NC(N)=O)c1ccccc1Cl. The number of nitrogens with one attached hydrogen (secondary N) is 2. The minimum absolute atomic E-state index is 0.0403. The molecule has 0 saturated carbocycles. The Morgan fingerprint density at radius 3 is 2.54 bits per heavy atom. The molecule has 6 nitrogen and oxygen atoms in total. The molecular weight excluding hydrogens is 354 g/mol. The highest BCUT2D eigenvalue weighted by molar-refractivity contribution is 6.31. The third-order valence-electron chi connectivity index (χ3n) is 3.90. The Kier molecular flexibility index (Phi) is 7.29. The predicted octanol–water partition coefficient (Wildman–Crippen LogP) is 2.81. The summed E-state index contributed by atoms with van der Waals surface area (Å²) >= 11 is 6.17. The first kappa shape index (κ1) is 19.6. The number of methoxy groups -OCH3 is 1. The van der Waals surface area contributed by atoms with E-state index < -0.39 is 12.1 Å². The zero-order valence-electron chi connectivity index (χ0n) is 14.5. The fourth-order valence-electron chi connectivity index (χ4n) is 2.67. The number of rotatable bonds is 8. The first-order valence-electron chi connectivity index (χ1n) is 8.20. The van der Waals surface area contributed by atoms with Crippen LogP contribution >= 0.6 is 11.6 Å². The summed E-state index contributed by atoms with van der Waals surface area (Å²) < 4.78 is 5.29. The molecule has 0 bridgehead atoms. The summed E-state index contributed by atoms with van der Waals surface area (Å²) in [6.07, 6.45) is 0.675. The summed E-state index contributed by atoms with van der Waals surface area (Å²) in [6, 6.07) is 13.4. The first-order chi connectivity index (χ1) is 12.5. The molecule has 7 heteroatoms. The lowest BCUT2D eigenvalue weighted by molar-refractivity contribution is -0.121. The van der Waals surface area contributed by atoms with Crippen LogP contribution in [0.15, 0.2) is 48.5 Å². The van der Waals surface area contributed by atoms with Crippen molar-refractivity contribution in [3.8, 4) is 5.75 Å². The molecule has 2 rings (SSSR count). The van der Waals surface area contributed by atoms with Gasteiger partial charge in [0.25, 0.3) is 0 Å². The molecule has 0 aliphatic carbocycles. The highest BCUT2D eigenvalue weighted by Crippen LogP contribution is 2.25. The van der Waals surface area contributed by atoms with E-state index in [1.165, 1.54) is 0 Å².